The van der Waals surface area contributed by atoms with Crippen LogP contribution in [0.25, 0.3) is 6.08 Å². The van der Waals surface area contributed by atoms with Gasteiger partial charge in [0.2, 0.25) is 5.91 Å². The van der Waals surface area contributed by atoms with Gasteiger partial charge in [0, 0.05) is 37.2 Å². The normalized spacial score (nSPS) is 27.0. The second-order valence-corrected chi connectivity index (χ2v) is 6.77. The SMILES string of the molecule is O=C(C=Cc1cccc([N+](=O)[O-])c1)N1CC[C@@]2(O)CCCC[C@H]2C1. The monoisotopic (exact) mass is 330 g/mol. The highest BCUT2D eigenvalue weighted by Gasteiger charge is 2.43. The Morgan fingerprint density at radius 3 is 3.00 bits per heavy atom. The third-order valence-corrected chi connectivity index (χ3v) is 5.24. The third kappa shape index (κ3) is 3.48. The number of carbonyl (C=O) groups excluding carboxylic acids is 1. The van der Waals surface area contributed by atoms with E-state index in [1.54, 1.807) is 23.1 Å². The molecule has 0 unspecified atom stereocenters. The lowest BCUT2D eigenvalue weighted by molar-refractivity contribution is -0.384. The molecular weight excluding hydrogens is 308 g/mol. The molecule has 2 atom stereocenters. The van der Waals surface area contributed by atoms with Crippen LogP contribution in [0.4, 0.5) is 5.69 Å². The fourth-order valence-corrected chi connectivity index (χ4v) is 3.79. The summed E-state index contributed by atoms with van der Waals surface area (Å²) < 4.78 is 0. The third-order valence-electron chi connectivity index (χ3n) is 5.24. The summed E-state index contributed by atoms with van der Waals surface area (Å²) in [6.45, 7) is 1.15. The quantitative estimate of drug-likeness (QED) is 0.525. The lowest BCUT2D eigenvalue weighted by Crippen LogP contribution is -2.54. The number of nitro benzene ring substituents is 1. The minimum Gasteiger partial charge on any atom is -0.389 e. The van der Waals surface area contributed by atoms with Crippen LogP contribution in [-0.2, 0) is 4.79 Å². The molecule has 6 heteroatoms. The van der Waals surface area contributed by atoms with Crippen LogP contribution in [0.1, 0.15) is 37.7 Å². The van der Waals surface area contributed by atoms with Crippen molar-refractivity contribution in [3.8, 4) is 0 Å². The van der Waals surface area contributed by atoms with Crippen LogP contribution < -0.4 is 0 Å². The van der Waals surface area contributed by atoms with E-state index >= 15 is 0 Å². The molecule has 1 N–H and O–H groups in total. The molecule has 1 aliphatic carbocycles. The highest BCUT2D eigenvalue weighted by atomic mass is 16.6. The molecule has 0 spiro atoms. The average molecular weight is 330 g/mol. The van der Waals surface area contributed by atoms with Gasteiger partial charge >= 0.3 is 0 Å². The first-order valence-electron chi connectivity index (χ1n) is 8.42. The molecule has 0 aromatic heterocycles. The van der Waals surface area contributed by atoms with Gasteiger partial charge < -0.3 is 10.0 Å². The van der Waals surface area contributed by atoms with E-state index in [2.05, 4.69) is 0 Å². The number of likely N-dealkylation sites (tertiary alicyclic amines) is 1. The smallest absolute Gasteiger partial charge is 0.270 e. The van der Waals surface area contributed by atoms with Crippen molar-refractivity contribution in [2.75, 3.05) is 13.1 Å². The molecule has 3 rings (SSSR count). The minimum absolute atomic E-state index is 0.00911. The highest BCUT2D eigenvalue weighted by molar-refractivity contribution is 5.92. The van der Waals surface area contributed by atoms with Gasteiger partial charge in [0.05, 0.1) is 10.5 Å². The number of carbonyl (C=O) groups is 1. The van der Waals surface area contributed by atoms with E-state index in [9.17, 15) is 20.0 Å². The van der Waals surface area contributed by atoms with Gasteiger partial charge in [0.25, 0.3) is 5.69 Å². The second kappa shape index (κ2) is 6.73. The molecule has 1 aromatic carbocycles. The number of piperidine rings is 1. The number of nitro groups is 1. The summed E-state index contributed by atoms with van der Waals surface area (Å²) in [7, 11) is 0. The zero-order valence-electron chi connectivity index (χ0n) is 13.6. The Morgan fingerprint density at radius 1 is 1.38 bits per heavy atom. The van der Waals surface area contributed by atoms with E-state index in [1.807, 2.05) is 0 Å². The Balaban J connectivity index is 1.65. The number of amides is 1. The molecular formula is C18H22N2O4. The number of aliphatic hydroxyl groups is 1. The van der Waals surface area contributed by atoms with E-state index in [0.717, 1.165) is 25.7 Å². The molecule has 0 bridgehead atoms. The Hall–Kier alpha value is -2.21. The predicted molar refractivity (Wildman–Crippen MR) is 90.2 cm³/mol. The molecule has 1 saturated carbocycles. The zero-order chi connectivity index (χ0) is 17.2. The van der Waals surface area contributed by atoms with E-state index in [1.165, 1.54) is 18.2 Å². The van der Waals surface area contributed by atoms with Crippen LogP contribution in [0, 0.1) is 16.0 Å². The van der Waals surface area contributed by atoms with Crippen LogP contribution >= 0.6 is 0 Å². The van der Waals surface area contributed by atoms with Crippen LogP contribution in [0.2, 0.25) is 0 Å². The summed E-state index contributed by atoms with van der Waals surface area (Å²) in [5, 5.41) is 21.4. The van der Waals surface area contributed by atoms with Gasteiger partial charge in [-0.15, -0.1) is 0 Å². The summed E-state index contributed by atoms with van der Waals surface area (Å²) in [6, 6.07) is 6.20. The number of rotatable bonds is 3. The maximum atomic E-state index is 12.4. The maximum absolute atomic E-state index is 12.4. The van der Waals surface area contributed by atoms with Crippen molar-refractivity contribution in [2.45, 2.75) is 37.7 Å². The van der Waals surface area contributed by atoms with E-state index in [-0.39, 0.29) is 17.5 Å². The van der Waals surface area contributed by atoms with Gasteiger partial charge in [0.1, 0.15) is 0 Å². The van der Waals surface area contributed by atoms with Gasteiger partial charge in [-0.3, -0.25) is 14.9 Å². The molecule has 6 nitrogen and oxygen atoms in total. The molecule has 2 fully saturated rings. The van der Waals surface area contributed by atoms with Crippen molar-refractivity contribution >= 4 is 17.7 Å². The highest BCUT2D eigenvalue weighted by Crippen LogP contribution is 2.39. The van der Waals surface area contributed by atoms with Crippen molar-refractivity contribution in [1.82, 2.24) is 4.90 Å². The molecule has 1 amide bonds. The first-order chi connectivity index (χ1) is 11.5. The molecule has 1 saturated heterocycles. The second-order valence-electron chi connectivity index (χ2n) is 6.77. The topological polar surface area (TPSA) is 83.7 Å². The Labute approximate surface area is 140 Å². The zero-order valence-corrected chi connectivity index (χ0v) is 13.6. The van der Waals surface area contributed by atoms with Gasteiger partial charge in [-0.25, -0.2) is 0 Å². The van der Waals surface area contributed by atoms with Crippen molar-refractivity contribution in [1.29, 1.82) is 0 Å². The van der Waals surface area contributed by atoms with Gasteiger partial charge in [-0.1, -0.05) is 25.0 Å². The van der Waals surface area contributed by atoms with E-state index in [0.29, 0.717) is 25.1 Å². The fraction of sp³-hybridized carbons (Fsp3) is 0.500. The number of hydrogen-bond acceptors (Lipinski definition) is 4. The Bertz CT molecular complexity index is 673. The molecule has 0 radical (unpaired) electrons. The molecule has 2 aliphatic rings. The molecule has 24 heavy (non-hydrogen) atoms. The fourth-order valence-electron chi connectivity index (χ4n) is 3.79. The van der Waals surface area contributed by atoms with Crippen molar-refractivity contribution in [3.63, 3.8) is 0 Å². The summed E-state index contributed by atoms with van der Waals surface area (Å²) in [4.78, 5) is 24.5. The molecule has 1 aliphatic heterocycles. The summed E-state index contributed by atoms with van der Waals surface area (Å²) in [5.41, 5.74) is 0.0391. The Morgan fingerprint density at radius 2 is 2.21 bits per heavy atom. The van der Waals surface area contributed by atoms with Gasteiger partial charge in [-0.05, 0) is 30.9 Å². The van der Waals surface area contributed by atoms with E-state index in [4.69, 9.17) is 0 Å². The lowest BCUT2D eigenvalue weighted by Gasteiger charge is -2.47. The summed E-state index contributed by atoms with van der Waals surface area (Å²) in [6.07, 6.45) is 7.68. The van der Waals surface area contributed by atoms with Crippen molar-refractivity contribution in [3.05, 3.63) is 46.0 Å². The number of hydrogen-bond donors (Lipinski definition) is 1. The summed E-state index contributed by atoms with van der Waals surface area (Å²) in [5.74, 6) is 0.0595. The largest absolute Gasteiger partial charge is 0.389 e. The van der Waals surface area contributed by atoms with Gasteiger partial charge in [0.15, 0.2) is 0 Å². The molecule has 1 aromatic rings. The first-order valence-corrected chi connectivity index (χ1v) is 8.42. The number of non-ortho nitro benzene ring substituents is 1. The molecule has 128 valence electrons. The Kier molecular flexibility index (Phi) is 4.66. The van der Waals surface area contributed by atoms with Crippen molar-refractivity contribution in [2.24, 2.45) is 5.92 Å². The van der Waals surface area contributed by atoms with Crippen LogP contribution in [0.5, 0.6) is 0 Å². The number of nitrogens with zero attached hydrogens (tertiary/aromatic N) is 2. The van der Waals surface area contributed by atoms with Gasteiger partial charge in [-0.2, -0.15) is 0 Å². The van der Waals surface area contributed by atoms with Crippen LogP contribution in [-0.4, -0.2) is 39.5 Å². The standard InChI is InChI=1S/C18H22N2O4/c21-17(8-7-14-4-3-6-16(12-14)20(23)24)19-11-10-18(22)9-2-1-5-15(18)13-19/h3-4,6-8,12,15,22H,1-2,5,9-11,13H2/t15-,18-/m0/s1. The lowest BCUT2D eigenvalue weighted by atomic mass is 9.71. The van der Waals surface area contributed by atoms with E-state index < -0.39 is 10.5 Å². The predicted octanol–water partition coefficient (Wildman–Crippen LogP) is 2.76. The minimum atomic E-state index is -0.598. The van der Waals surface area contributed by atoms with Crippen LogP contribution in [0.15, 0.2) is 30.3 Å². The van der Waals surface area contributed by atoms with Crippen LogP contribution in [0.3, 0.4) is 0 Å². The average Bonchev–Trinajstić information content (AvgIpc) is 2.59. The molecule has 1 heterocycles. The van der Waals surface area contributed by atoms with Crippen molar-refractivity contribution < 1.29 is 14.8 Å². The number of benzene rings is 1. The summed E-state index contributed by atoms with van der Waals surface area (Å²) >= 11 is 0. The maximum Gasteiger partial charge on any atom is 0.270 e. The first kappa shape index (κ1) is 16.6. The number of fused-ring (bicyclic) bond motifs is 1.